The summed E-state index contributed by atoms with van der Waals surface area (Å²) in [5.41, 5.74) is 5.58. The lowest BCUT2D eigenvalue weighted by molar-refractivity contribution is 0.0841. The quantitative estimate of drug-likeness (QED) is 0.368. The number of hydrazine groups is 1. The Morgan fingerprint density at radius 2 is 1.59 bits per heavy atom. The number of benzene rings is 2. The van der Waals surface area contributed by atoms with Crippen molar-refractivity contribution in [1.82, 2.24) is 25.6 Å². The van der Waals surface area contributed by atoms with Crippen LogP contribution in [0.5, 0.6) is 0 Å². The second-order valence-electron chi connectivity index (χ2n) is 7.27. The van der Waals surface area contributed by atoms with E-state index in [4.69, 9.17) is 0 Å². The van der Waals surface area contributed by atoms with Crippen LogP contribution in [-0.2, 0) is 6.54 Å². The van der Waals surface area contributed by atoms with E-state index in [9.17, 15) is 14.4 Å². The zero-order chi connectivity index (χ0) is 23.5. The van der Waals surface area contributed by atoms with Gasteiger partial charge in [0.05, 0.1) is 16.8 Å². The molecule has 0 radical (unpaired) electrons. The van der Waals surface area contributed by atoms with Crippen LogP contribution in [0.2, 0.25) is 0 Å². The van der Waals surface area contributed by atoms with E-state index < -0.39 is 11.8 Å². The molecule has 5 aromatic rings. The van der Waals surface area contributed by atoms with Crippen LogP contribution < -0.4 is 16.4 Å². The maximum atomic E-state index is 13.0. The molecule has 0 saturated heterocycles. The summed E-state index contributed by atoms with van der Waals surface area (Å²) in [7, 11) is 0. The number of hydrogen-bond acceptors (Lipinski definition) is 7. The summed E-state index contributed by atoms with van der Waals surface area (Å²) in [6, 6.07) is 20.0. The number of aromatic nitrogens is 3. The van der Waals surface area contributed by atoms with Gasteiger partial charge in [-0.1, -0.05) is 54.6 Å². The molecular weight excluding hydrogens is 470 g/mol. The highest BCUT2D eigenvalue weighted by molar-refractivity contribution is 7.20. The van der Waals surface area contributed by atoms with Gasteiger partial charge in [-0.15, -0.1) is 22.7 Å². The molecule has 10 heteroatoms. The minimum absolute atomic E-state index is 0.0315. The lowest BCUT2D eigenvalue weighted by atomic mass is 10.1. The van der Waals surface area contributed by atoms with Gasteiger partial charge in [0.25, 0.3) is 17.4 Å². The molecule has 8 nitrogen and oxygen atoms in total. The largest absolute Gasteiger partial charge is 0.290 e. The summed E-state index contributed by atoms with van der Waals surface area (Å²) in [5.74, 6) is -1.19. The fourth-order valence-corrected chi connectivity index (χ4v) is 5.01. The molecule has 0 unspecified atom stereocenters. The Kier molecular flexibility index (Phi) is 5.98. The first kappa shape index (κ1) is 21.7. The van der Waals surface area contributed by atoms with E-state index in [-0.39, 0.29) is 23.5 Å². The standard InChI is InChI=1S/C24H17N5O3S2/c30-21(18-14-34-23(25-18)19-11-6-12-33-19)26-27-22(31)20-16-9-4-5-10-17(16)24(32)29(28-20)13-15-7-2-1-3-8-15/h1-12,14H,13H2,(H,26,30)(H,27,31). The molecule has 0 aliphatic heterocycles. The van der Waals surface area contributed by atoms with Gasteiger partial charge in [-0.3, -0.25) is 25.2 Å². The first-order chi connectivity index (χ1) is 16.6. The highest BCUT2D eigenvalue weighted by Gasteiger charge is 2.19. The summed E-state index contributed by atoms with van der Waals surface area (Å²) in [6.45, 7) is 0.210. The van der Waals surface area contributed by atoms with E-state index in [1.165, 1.54) is 27.4 Å². The third-order valence-corrected chi connectivity index (χ3v) is 6.90. The summed E-state index contributed by atoms with van der Waals surface area (Å²) in [6.07, 6.45) is 0. The fraction of sp³-hybridized carbons (Fsp3) is 0.0417. The second-order valence-corrected chi connectivity index (χ2v) is 9.07. The average Bonchev–Trinajstić information content (AvgIpc) is 3.57. The van der Waals surface area contributed by atoms with Crippen LogP contribution in [0.15, 0.2) is 82.3 Å². The zero-order valence-corrected chi connectivity index (χ0v) is 19.2. The molecule has 0 aliphatic rings. The summed E-state index contributed by atoms with van der Waals surface area (Å²) >= 11 is 2.88. The zero-order valence-electron chi connectivity index (χ0n) is 17.6. The van der Waals surface area contributed by atoms with Crippen LogP contribution in [-0.4, -0.2) is 26.6 Å². The lowest BCUT2D eigenvalue weighted by Gasteiger charge is -2.11. The summed E-state index contributed by atoms with van der Waals surface area (Å²) in [5, 5.41) is 9.37. The Bertz CT molecular complexity index is 1540. The van der Waals surface area contributed by atoms with E-state index in [2.05, 4.69) is 20.9 Å². The number of thiazole rings is 1. The summed E-state index contributed by atoms with van der Waals surface area (Å²) < 4.78 is 1.25. The predicted octanol–water partition coefficient (Wildman–Crippen LogP) is 3.70. The molecule has 3 aromatic heterocycles. The van der Waals surface area contributed by atoms with Crippen molar-refractivity contribution in [3.63, 3.8) is 0 Å². The van der Waals surface area contributed by atoms with Gasteiger partial charge in [0.2, 0.25) is 0 Å². The van der Waals surface area contributed by atoms with Crippen molar-refractivity contribution >= 4 is 45.3 Å². The van der Waals surface area contributed by atoms with E-state index in [1.54, 1.807) is 29.6 Å². The van der Waals surface area contributed by atoms with Crippen LogP contribution in [0.25, 0.3) is 20.7 Å². The van der Waals surface area contributed by atoms with E-state index in [0.717, 1.165) is 15.4 Å². The van der Waals surface area contributed by atoms with Crippen molar-refractivity contribution in [3.8, 4) is 9.88 Å². The van der Waals surface area contributed by atoms with Crippen LogP contribution in [0.3, 0.4) is 0 Å². The van der Waals surface area contributed by atoms with Crippen LogP contribution in [0.1, 0.15) is 26.5 Å². The molecule has 0 spiro atoms. The number of nitrogens with one attached hydrogen (secondary N) is 2. The molecule has 168 valence electrons. The minimum Gasteiger partial charge on any atom is -0.267 e. The Hall–Kier alpha value is -4.15. The number of carbonyl (C=O) groups is 2. The SMILES string of the molecule is O=C(NNC(=O)c1nn(Cc2ccccc2)c(=O)c2ccccc12)c1csc(-c2cccs2)n1. The van der Waals surface area contributed by atoms with Gasteiger partial charge in [0.1, 0.15) is 10.7 Å². The number of nitrogens with zero attached hydrogens (tertiary/aromatic N) is 3. The first-order valence-corrected chi connectivity index (χ1v) is 12.0. The molecule has 0 fully saturated rings. The van der Waals surface area contributed by atoms with Gasteiger partial charge in [0.15, 0.2) is 5.69 Å². The van der Waals surface area contributed by atoms with E-state index in [0.29, 0.717) is 10.8 Å². The van der Waals surface area contributed by atoms with Crippen LogP contribution >= 0.6 is 22.7 Å². The highest BCUT2D eigenvalue weighted by Crippen LogP contribution is 2.27. The Morgan fingerprint density at radius 3 is 2.35 bits per heavy atom. The second kappa shape index (κ2) is 9.38. The smallest absolute Gasteiger partial charge is 0.267 e. The molecule has 2 aromatic carbocycles. The molecular formula is C24H17N5O3S2. The predicted molar refractivity (Wildman–Crippen MR) is 132 cm³/mol. The molecule has 0 aliphatic carbocycles. The number of fused-ring (bicyclic) bond motifs is 1. The molecule has 3 heterocycles. The molecule has 0 bridgehead atoms. The monoisotopic (exact) mass is 487 g/mol. The van der Waals surface area contributed by atoms with Crippen molar-refractivity contribution < 1.29 is 9.59 Å². The number of thiophene rings is 1. The number of carbonyl (C=O) groups excluding carboxylic acids is 2. The fourth-order valence-electron chi connectivity index (χ4n) is 3.39. The van der Waals surface area contributed by atoms with Crippen molar-refractivity contribution in [3.05, 3.63) is 105 Å². The van der Waals surface area contributed by atoms with Gasteiger partial charge in [-0.05, 0) is 23.1 Å². The molecule has 0 atom stereocenters. The van der Waals surface area contributed by atoms with Gasteiger partial charge in [-0.25, -0.2) is 9.67 Å². The molecule has 34 heavy (non-hydrogen) atoms. The number of hydrogen-bond donors (Lipinski definition) is 2. The molecule has 5 rings (SSSR count). The van der Waals surface area contributed by atoms with E-state index in [1.807, 2.05) is 47.8 Å². The van der Waals surface area contributed by atoms with Gasteiger partial charge < -0.3 is 0 Å². The topological polar surface area (TPSA) is 106 Å². The van der Waals surface area contributed by atoms with Gasteiger partial charge >= 0.3 is 0 Å². The maximum absolute atomic E-state index is 13.0. The first-order valence-electron chi connectivity index (χ1n) is 10.2. The third-order valence-electron chi connectivity index (χ3n) is 5.02. The van der Waals surface area contributed by atoms with Crippen molar-refractivity contribution in [1.29, 1.82) is 0 Å². The Labute approximate surface area is 201 Å². The lowest BCUT2D eigenvalue weighted by Crippen LogP contribution is -2.43. The van der Waals surface area contributed by atoms with Crippen molar-refractivity contribution in [2.24, 2.45) is 0 Å². The number of rotatable bonds is 5. The summed E-state index contributed by atoms with van der Waals surface area (Å²) in [4.78, 5) is 43.8. The highest BCUT2D eigenvalue weighted by atomic mass is 32.1. The normalized spacial score (nSPS) is 10.8. The van der Waals surface area contributed by atoms with Crippen LogP contribution in [0, 0.1) is 0 Å². The Morgan fingerprint density at radius 1 is 0.853 bits per heavy atom. The number of amides is 2. The van der Waals surface area contributed by atoms with Crippen molar-refractivity contribution in [2.75, 3.05) is 0 Å². The average molecular weight is 488 g/mol. The van der Waals surface area contributed by atoms with Crippen LogP contribution in [0.4, 0.5) is 0 Å². The van der Waals surface area contributed by atoms with E-state index >= 15 is 0 Å². The molecule has 2 N–H and O–H groups in total. The maximum Gasteiger partial charge on any atom is 0.290 e. The van der Waals surface area contributed by atoms with Crippen molar-refractivity contribution in [2.45, 2.75) is 6.54 Å². The third kappa shape index (κ3) is 4.36. The molecule has 0 saturated carbocycles. The Balaban J connectivity index is 1.39. The minimum atomic E-state index is -0.639. The molecule has 2 amide bonds. The van der Waals surface area contributed by atoms with Gasteiger partial charge in [0, 0.05) is 10.8 Å². The van der Waals surface area contributed by atoms with Gasteiger partial charge in [-0.2, -0.15) is 5.10 Å².